The lowest BCUT2D eigenvalue weighted by molar-refractivity contribution is -0.161. The number of nitrogens with one attached hydrogen (secondary N) is 1. The maximum Gasteiger partial charge on any atom is 0.311 e. The van der Waals surface area contributed by atoms with E-state index in [9.17, 15) is 9.59 Å². The van der Waals surface area contributed by atoms with E-state index in [0.29, 0.717) is 6.61 Å². The number of unbranched alkanes of at least 4 members (excludes halogenated alkanes) is 22. The molecule has 0 saturated carbocycles. The molecule has 0 amide bonds. The van der Waals surface area contributed by atoms with Crippen LogP contribution in [0.1, 0.15) is 248 Å². The molecule has 0 bridgehead atoms. The number of rotatable bonds is 39. The highest BCUT2D eigenvalue weighted by Gasteiger charge is 2.31. The van der Waals surface area contributed by atoms with Crippen LogP contribution < -0.4 is 5.32 Å². The summed E-state index contributed by atoms with van der Waals surface area (Å²) in [4.78, 5) is 25.9. The first-order chi connectivity index (χ1) is 24.6. The lowest BCUT2D eigenvalue weighted by Gasteiger charge is -2.27. The van der Waals surface area contributed by atoms with Gasteiger partial charge in [-0.05, 0) is 98.6 Å². The summed E-state index contributed by atoms with van der Waals surface area (Å²) in [6.07, 6.45) is 37.5. The van der Waals surface area contributed by atoms with Crippen LogP contribution in [0.15, 0.2) is 0 Å². The summed E-state index contributed by atoms with van der Waals surface area (Å²) >= 11 is 0. The lowest BCUT2D eigenvalue weighted by Crippen LogP contribution is -2.31. The number of hydrogen-bond acceptors (Lipinski definition) is 5. The molecule has 0 aromatic carbocycles. The zero-order valence-corrected chi connectivity index (χ0v) is 35.8. The van der Waals surface area contributed by atoms with E-state index in [4.69, 9.17) is 9.47 Å². The van der Waals surface area contributed by atoms with Crippen molar-refractivity contribution in [2.75, 3.05) is 19.7 Å². The molecule has 0 radical (unpaired) electrons. The van der Waals surface area contributed by atoms with Crippen molar-refractivity contribution >= 4 is 11.9 Å². The van der Waals surface area contributed by atoms with Gasteiger partial charge in [0.1, 0.15) is 6.10 Å². The molecule has 0 heterocycles. The van der Waals surface area contributed by atoms with E-state index in [2.05, 4.69) is 39.9 Å². The molecule has 0 saturated heterocycles. The fourth-order valence-electron chi connectivity index (χ4n) is 6.97. The Morgan fingerprint density at radius 3 is 1.29 bits per heavy atom. The maximum atomic E-state index is 13.3. The van der Waals surface area contributed by atoms with Crippen molar-refractivity contribution in [3.05, 3.63) is 0 Å². The molecule has 0 aliphatic carbocycles. The number of hydrogen-bond donors (Lipinski definition) is 1. The van der Waals surface area contributed by atoms with Crippen molar-refractivity contribution in [2.24, 2.45) is 10.8 Å². The molecule has 0 aromatic heterocycles. The lowest BCUT2D eigenvalue weighted by atomic mass is 9.86. The van der Waals surface area contributed by atoms with Crippen molar-refractivity contribution in [3.8, 4) is 0 Å². The molecule has 5 nitrogen and oxygen atoms in total. The van der Waals surface area contributed by atoms with E-state index in [1.165, 1.54) is 141 Å². The van der Waals surface area contributed by atoms with Crippen LogP contribution in [0.2, 0.25) is 0 Å². The molecule has 5 heteroatoms. The van der Waals surface area contributed by atoms with Crippen molar-refractivity contribution in [1.29, 1.82) is 0 Å². The van der Waals surface area contributed by atoms with Gasteiger partial charge in [0.2, 0.25) is 0 Å². The summed E-state index contributed by atoms with van der Waals surface area (Å²) in [6.45, 7) is 17.6. The first-order valence-electron chi connectivity index (χ1n) is 22.7. The first-order valence-corrected chi connectivity index (χ1v) is 22.7. The Morgan fingerprint density at radius 1 is 0.451 bits per heavy atom. The summed E-state index contributed by atoms with van der Waals surface area (Å²) in [7, 11) is 0. The molecule has 51 heavy (non-hydrogen) atoms. The Hall–Kier alpha value is -1.10. The molecule has 0 spiro atoms. The van der Waals surface area contributed by atoms with Crippen LogP contribution in [0.4, 0.5) is 0 Å². The van der Waals surface area contributed by atoms with Crippen LogP contribution in [0.5, 0.6) is 0 Å². The standard InChI is InChI=1S/C46H91NO4/c1-8-11-14-17-20-21-22-27-34-41-50-43(48)45(4,5)38-31-33-40-47-39-32-26-25-30-37-46(6,7)44(49)51-42(35-28-23-18-15-12-9-2)36-29-24-19-16-13-10-3/h42,47H,8-41H2,1-7H3. The fraction of sp³-hybridized carbons (Fsp3) is 0.957. The third-order valence-corrected chi connectivity index (χ3v) is 10.9. The van der Waals surface area contributed by atoms with Gasteiger partial charge in [-0.3, -0.25) is 9.59 Å². The molecule has 0 aromatic rings. The third kappa shape index (κ3) is 31.0. The number of ether oxygens (including phenoxy) is 2. The molecule has 0 aliphatic heterocycles. The average Bonchev–Trinajstić information content (AvgIpc) is 3.10. The van der Waals surface area contributed by atoms with Gasteiger partial charge in [-0.15, -0.1) is 0 Å². The summed E-state index contributed by atoms with van der Waals surface area (Å²) < 4.78 is 11.9. The summed E-state index contributed by atoms with van der Waals surface area (Å²) in [5.74, 6) is -0.0195. The Kier molecular flexibility index (Phi) is 33.9. The minimum Gasteiger partial charge on any atom is -0.465 e. The molecule has 0 unspecified atom stereocenters. The Bertz CT molecular complexity index is 763. The molecule has 304 valence electrons. The van der Waals surface area contributed by atoms with Gasteiger partial charge in [-0.1, -0.05) is 162 Å². The number of esters is 2. The second kappa shape index (κ2) is 34.7. The Labute approximate surface area is 319 Å². The highest BCUT2D eigenvalue weighted by Crippen LogP contribution is 2.28. The minimum absolute atomic E-state index is 0.0152. The van der Waals surface area contributed by atoms with E-state index in [0.717, 1.165) is 70.9 Å². The van der Waals surface area contributed by atoms with Gasteiger partial charge in [0.15, 0.2) is 0 Å². The normalized spacial score (nSPS) is 12.2. The van der Waals surface area contributed by atoms with Gasteiger partial charge in [0, 0.05) is 0 Å². The number of carbonyl (C=O) groups excluding carboxylic acids is 2. The Morgan fingerprint density at radius 2 is 0.804 bits per heavy atom. The minimum atomic E-state index is -0.411. The highest BCUT2D eigenvalue weighted by atomic mass is 16.5. The van der Waals surface area contributed by atoms with Crippen LogP contribution in [-0.2, 0) is 19.1 Å². The van der Waals surface area contributed by atoms with Gasteiger partial charge < -0.3 is 14.8 Å². The monoisotopic (exact) mass is 722 g/mol. The summed E-state index contributed by atoms with van der Waals surface area (Å²) in [6, 6.07) is 0. The molecule has 0 fully saturated rings. The predicted octanol–water partition coefficient (Wildman–Crippen LogP) is 14.2. The quantitative estimate of drug-likeness (QED) is 0.0506. The smallest absolute Gasteiger partial charge is 0.311 e. The predicted molar refractivity (Wildman–Crippen MR) is 221 cm³/mol. The highest BCUT2D eigenvalue weighted by molar-refractivity contribution is 5.76. The van der Waals surface area contributed by atoms with Crippen LogP contribution in [0, 0.1) is 10.8 Å². The summed E-state index contributed by atoms with van der Waals surface area (Å²) in [5, 5.41) is 3.59. The van der Waals surface area contributed by atoms with Gasteiger partial charge in [0.25, 0.3) is 0 Å². The van der Waals surface area contributed by atoms with Crippen LogP contribution in [0.25, 0.3) is 0 Å². The second-order valence-corrected chi connectivity index (χ2v) is 17.2. The van der Waals surface area contributed by atoms with E-state index in [1.54, 1.807) is 0 Å². The van der Waals surface area contributed by atoms with E-state index in [-0.39, 0.29) is 18.0 Å². The topological polar surface area (TPSA) is 64.6 Å². The van der Waals surface area contributed by atoms with Crippen molar-refractivity contribution in [3.63, 3.8) is 0 Å². The fourth-order valence-corrected chi connectivity index (χ4v) is 6.97. The molecule has 1 N–H and O–H groups in total. The zero-order chi connectivity index (χ0) is 37.9. The third-order valence-electron chi connectivity index (χ3n) is 10.9. The second-order valence-electron chi connectivity index (χ2n) is 17.2. The van der Waals surface area contributed by atoms with Crippen LogP contribution in [0.3, 0.4) is 0 Å². The van der Waals surface area contributed by atoms with E-state index in [1.807, 2.05) is 13.8 Å². The van der Waals surface area contributed by atoms with E-state index >= 15 is 0 Å². The van der Waals surface area contributed by atoms with Gasteiger partial charge in [-0.2, -0.15) is 0 Å². The molecular formula is C46H91NO4. The van der Waals surface area contributed by atoms with Gasteiger partial charge in [-0.25, -0.2) is 0 Å². The van der Waals surface area contributed by atoms with Gasteiger partial charge in [0.05, 0.1) is 17.4 Å². The Balaban J connectivity index is 4.06. The largest absolute Gasteiger partial charge is 0.465 e. The van der Waals surface area contributed by atoms with Crippen molar-refractivity contribution in [2.45, 2.75) is 254 Å². The van der Waals surface area contributed by atoms with Crippen molar-refractivity contribution < 1.29 is 19.1 Å². The molecule has 0 rings (SSSR count). The number of carbonyl (C=O) groups is 2. The summed E-state index contributed by atoms with van der Waals surface area (Å²) in [5.41, 5.74) is -0.811. The van der Waals surface area contributed by atoms with Crippen LogP contribution >= 0.6 is 0 Å². The average molecular weight is 722 g/mol. The molecule has 0 aliphatic rings. The molecule has 0 atom stereocenters. The first kappa shape index (κ1) is 49.9. The SMILES string of the molecule is CCCCCCCCCCCOC(=O)C(C)(C)CCCCNCCCCCCC(C)(C)C(=O)OC(CCCCCCCC)CCCCCCCC. The van der Waals surface area contributed by atoms with Crippen LogP contribution in [-0.4, -0.2) is 37.7 Å². The van der Waals surface area contributed by atoms with E-state index < -0.39 is 10.8 Å². The molecular weight excluding hydrogens is 631 g/mol. The maximum absolute atomic E-state index is 13.3. The van der Waals surface area contributed by atoms with Crippen molar-refractivity contribution in [1.82, 2.24) is 5.32 Å². The van der Waals surface area contributed by atoms with Gasteiger partial charge >= 0.3 is 11.9 Å². The zero-order valence-electron chi connectivity index (χ0n) is 35.8.